The van der Waals surface area contributed by atoms with Crippen molar-refractivity contribution in [2.45, 2.75) is 52.5 Å². The van der Waals surface area contributed by atoms with Gasteiger partial charge in [0.05, 0.1) is 16.4 Å². The van der Waals surface area contributed by atoms with E-state index >= 15 is 0 Å². The molecule has 0 bridgehead atoms. The standard InChI is InChI=1S/C24H26N/c1-14-7-8-18-9-10-25-22(19(18)12-14)20-13-15(2)11-16(3)21(20)23(5)17(4)24(23,25)6/h7-13,17H,1-6H3/q+1. The van der Waals surface area contributed by atoms with Crippen LogP contribution in [0.25, 0.3) is 22.0 Å². The van der Waals surface area contributed by atoms with Gasteiger partial charge in [0, 0.05) is 18.9 Å². The van der Waals surface area contributed by atoms with Crippen molar-refractivity contribution in [3.05, 3.63) is 64.8 Å². The molecule has 1 heteroatoms. The third-order valence-corrected chi connectivity index (χ3v) is 7.54. The molecule has 1 aliphatic heterocycles. The quantitative estimate of drug-likeness (QED) is 0.489. The molecule has 1 saturated carbocycles. The van der Waals surface area contributed by atoms with Crippen molar-refractivity contribution in [3.63, 3.8) is 0 Å². The van der Waals surface area contributed by atoms with E-state index in [1.54, 1.807) is 5.56 Å². The minimum atomic E-state index is 0.160. The monoisotopic (exact) mass is 328 g/mol. The highest BCUT2D eigenvalue weighted by Gasteiger charge is 2.80. The summed E-state index contributed by atoms with van der Waals surface area (Å²) in [5, 5.41) is 2.72. The van der Waals surface area contributed by atoms with Crippen molar-refractivity contribution in [1.82, 2.24) is 0 Å². The molecule has 2 heterocycles. The largest absolute Gasteiger partial charge is 0.221 e. The highest BCUT2D eigenvalue weighted by atomic mass is 15.2. The van der Waals surface area contributed by atoms with Crippen LogP contribution < -0.4 is 4.57 Å². The fourth-order valence-corrected chi connectivity index (χ4v) is 5.85. The first kappa shape index (κ1) is 15.1. The molecule has 1 aromatic heterocycles. The zero-order valence-electron chi connectivity index (χ0n) is 16.1. The van der Waals surface area contributed by atoms with Crippen molar-refractivity contribution >= 4 is 10.8 Å². The summed E-state index contributed by atoms with van der Waals surface area (Å²) in [4.78, 5) is 0. The molecule has 3 unspecified atom stereocenters. The number of hydrogen-bond donors (Lipinski definition) is 0. The predicted octanol–water partition coefficient (Wildman–Crippen LogP) is 5.36. The number of hydrogen-bond acceptors (Lipinski definition) is 0. The first-order valence-corrected chi connectivity index (χ1v) is 9.37. The smallest absolute Gasteiger partial charge is 0.191 e. The Balaban J connectivity index is 2.02. The number of aromatic nitrogens is 1. The SMILES string of the molecule is Cc1cc(C)c2c(c1)-c1c3cc(C)ccc3cc[n+]1C1(C)C(C)C21C. The lowest BCUT2D eigenvalue weighted by Gasteiger charge is -2.28. The summed E-state index contributed by atoms with van der Waals surface area (Å²) in [7, 11) is 0. The first-order valence-electron chi connectivity index (χ1n) is 9.37. The number of aryl methyl sites for hydroxylation is 3. The van der Waals surface area contributed by atoms with E-state index < -0.39 is 0 Å². The average molecular weight is 328 g/mol. The molecule has 25 heavy (non-hydrogen) atoms. The second-order valence-electron chi connectivity index (χ2n) is 8.70. The molecule has 3 atom stereocenters. The van der Waals surface area contributed by atoms with E-state index in [0.29, 0.717) is 5.92 Å². The molecule has 0 spiro atoms. The molecule has 1 aliphatic carbocycles. The summed E-state index contributed by atoms with van der Waals surface area (Å²) >= 11 is 0. The van der Waals surface area contributed by atoms with Crippen LogP contribution in [0.5, 0.6) is 0 Å². The van der Waals surface area contributed by atoms with Crippen LogP contribution in [-0.4, -0.2) is 0 Å². The lowest BCUT2D eigenvalue weighted by atomic mass is 9.79. The summed E-state index contributed by atoms with van der Waals surface area (Å²) in [5.41, 5.74) is 8.93. The van der Waals surface area contributed by atoms with E-state index in [0.717, 1.165) is 0 Å². The van der Waals surface area contributed by atoms with Crippen molar-refractivity contribution in [2.75, 3.05) is 0 Å². The summed E-state index contributed by atoms with van der Waals surface area (Å²) in [6.07, 6.45) is 2.33. The van der Waals surface area contributed by atoms with Gasteiger partial charge in [-0.15, -0.1) is 0 Å². The van der Waals surface area contributed by atoms with Crippen LogP contribution >= 0.6 is 0 Å². The molecule has 1 nitrogen and oxygen atoms in total. The van der Waals surface area contributed by atoms with Gasteiger partial charge in [0.2, 0.25) is 5.69 Å². The molecule has 126 valence electrons. The predicted molar refractivity (Wildman–Crippen MR) is 104 cm³/mol. The van der Waals surface area contributed by atoms with Crippen molar-refractivity contribution < 1.29 is 4.57 Å². The maximum atomic E-state index is 2.58. The van der Waals surface area contributed by atoms with Crippen LogP contribution in [0.15, 0.2) is 42.6 Å². The molecule has 1 fully saturated rings. The van der Waals surface area contributed by atoms with Crippen molar-refractivity contribution in [3.8, 4) is 11.3 Å². The molecule has 0 saturated heterocycles. The minimum Gasteiger partial charge on any atom is -0.191 e. The lowest BCUT2D eigenvalue weighted by Crippen LogP contribution is -2.53. The topological polar surface area (TPSA) is 3.88 Å². The molecule has 3 aromatic rings. The van der Waals surface area contributed by atoms with Gasteiger partial charge >= 0.3 is 0 Å². The van der Waals surface area contributed by atoms with Gasteiger partial charge in [0.15, 0.2) is 11.7 Å². The van der Waals surface area contributed by atoms with Crippen LogP contribution in [0, 0.1) is 26.7 Å². The van der Waals surface area contributed by atoms with Gasteiger partial charge in [-0.1, -0.05) is 36.2 Å². The molecule has 0 radical (unpaired) electrons. The van der Waals surface area contributed by atoms with Gasteiger partial charge in [0.1, 0.15) is 0 Å². The van der Waals surface area contributed by atoms with Crippen molar-refractivity contribution in [1.29, 1.82) is 0 Å². The Morgan fingerprint density at radius 3 is 2.44 bits per heavy atom. The summed E-state index contributed by atoms with van der Waals surface area (Å²) in [6.45, 7) is 14.1. The molecule has 0 N–H and O–H groups in total. The van der Waals surface area contributed by atoms with E-state index in [9.17, 15) is 0 Å². The highest BCUT2D eigenvalue weighted by molar-refractivity contribution is 5.95. The van der Waals surface area contributed by atoms with E-state index in [-0.39, 0.29) is 11.0 Å². The molecule has 5 rings (SSSR count). The fraction of sp³-hybridized carbons (Fsp3) is 0.375. The average Bonchev–Trinajstić information content (AvgIpc) is 3.01. The molecular weight excluding hydrogens is 302 g/mol. The van der Waals surface area contributed by atoms with Gasteiger partial charge in [-0.3, -0.25) is 0 Å². The Labute approximate surface area is 150 Å². The maximum absolute atomic E-state index is 2.58. The van der Waals surface area contributed by atoms with Crippen LogP contribution in [0.1, 0.15) is 43.0 Å². The Morgan fingerprint density at radius 2 is 1.68 bits per heavy atom. The molecule has 2 aliphatic rings. The maximum Gasteiger partial charge on any atom is 0.221 e. The highest BCUT2D eigenvalue weighted by Crippen LogP contribution is 2.69. The molecular formula is C24H26N+. The second-order valence-corrected chi connectivity index (χ2v) is 8.70. The summed E-state index contributed by atoms with van der Waals surface area (Å²) < 4.78 is 2.58. The normalized spacial score (nSPS) is 29.1. The Bertz CT molecular complexity index is 1080. The second kappa shape index (κ2) is 4.33. The Hall–Kier alpha value is -2.15. The third-order valence-electron chi connectivity index (χ3n) is 7.54. The molecule has 2 aromatic carbocycles. The minimum absolute atomic E-state index is 0.160. The van der Waals surface area contributed by atoms with Gasteiger partial charge < -0.3 is 0 Å². The zero-order chi connectivity index (χ0) is 17.7. The summed E-state index contributed by atoms with van der Waals surface area (Å²) in [5.74, 6) is 0.633. The number of pyridine rings is 1. The number of rotatable bonds is 0. The van der Waals surface area contributed by atoms with Crippen LogP contribution in [0.4, 0.5) is 0 Å². The van der Waals surface area contributed by atoms with Crippen LogP contribution in [0.2, 0.25) is 0 Å². The van der Waals surface area contributed by atoms with Gasteiger partial charge in [-0.2, -0.15) is 4.57 Å². The number of benzene rings is 2. The van der Waals surface area contributed by atoms with Crippen LogP contribution in [-0.2, 0) is 11.0 Å². The van der Waals surface area contributed by atoms with Crippen LogP contribution in [0.3, 0.4) is 0 Å². The van der Waals surface area contributed by atoms with Gasteiger partial charge in [-0.25, -0.2) is 0 Å². The zero-order valence-corrected chi connectivity index (χ0v) is 16.1. The van der Waals surface area contributed by atoms with Crippen molar-refractivity contribution in [2.24, 2.45) is 5.92 Å². The Kier molecular flexibility index (Phi) is 2.62. The molecule has 0 amide bonds. The van der Waals surface area contributed by atoms with E-state index in [1.165, 1.54) is 38.7 Å². The van der Waals surface area contributed by atoms with Gasteiger partial charge in [0.25, 0.3) is 0 Å². The first-order chi connectivity index (χ1) is 11.8. The lowest BCUT2D eigenvalue weighted by molar-refractivity contribution is -0.733. The number of fused-ring (bicyclic) bond motifs is 8. The number of nitrogens with zero attached hydrogens (tertiary/aromatic N) is 1. The van der Waals surface area contributed by atoms with E-state index in [2.05, 4.69) is 88.7 Å². The third kappa shape index (κ3) is 1.54. The fourth-order valence-electron chi connectivity index (χ4n) is 5.85. The summed E-state index contributed by atoms with van der Waals surface area (Å²) in [6, 6.07) is 13.9. The Morgan fingerprint density at radius 1 is 0.920 bits per heavy atom. The van der Waals surface area contributed by atoms with E-state index in [1.807, 2.05) is 0 Å². The van der Waals surface area contributed by atoms with E-state index in [4.69, 9.17) is 0 Å². The van der Waals surface area contributed by atoms with Gasteiger partial charge in [-0.05, 0) is 56.3 Å².